The average Bonchev–Trinajstić information content (AvgIpc) is 2.68. The molecule has 0 aromatic carbocycles. The number of aryl methyl sites for hydroxylation is 1. The minimum Gasteiger partial charge on any atom is -0.356 e. The van der Waals surface area contributed by atoms with Gasteiger partial charge in [-0.05, 0) is 24.9 Å². The lowest BCUT2D eigenvalue weighted by Gasteiger charge is -2.06. The fourth-order valence-corrected chi connectivity index (χ4v) is 2.05. The highest BCUT2D eigenvalue weighted by Gasteiger charge is 2.38. The molecular formula is C12H14Cl2F3N3O2. The third kappa shape index (κ3) is 5.49. The van der Waals surface area contributed by atoms with Gasteiger partial charge in [0.15, 0.2) is 5.69 Å². The molecule has 0 saturated carbocycles. The van der Waals surface area contributed by atoms with E-state index in [4.69, 9.17) is 23.2 Å². The van der Waals surface area contributed by atoms with Crippen molar-refractivity contribution in [3.8, 4) is 0 Å². The van der Waals surface area contributed by atoms with Crippen LogP contribution in [0.25, 0.3) is 0 Å². The second-order valence-electron chi connectivity index (χ2n) is 4.53. The second kappa shape index (κ2) is 7.82. The van der Waals surface area contributed by atoms with E-state index in [9.17, 15) is 22.8 Å². The first-order valence-corrected chi connectivity index (χ1v) is 7.13. The highest BCUT2D eigenvalue weighted by atomic mass is 35.5. The molecule has 1 heterocycles. The summed E-state index contributed by atoms with van der Waals surface area (Å²) in [6.07, 6.45) is -4.14. The van der Waals surface area contributed by atoms with Crippen molar-refractivity contribution in [3.63, 3.8) is 0 Å². The van der Waals surface area contributed by atoms with Crippen LogP contribution in [0, 0.1) is 6.92 Å². The van der Waals surface area contributed by atoms with Gasteiger partial charge in [-0.15, -0.1) is 0 Å². The van der Waals surface area contributed by atoms with Gasteiger partial charge in [-0.1, -0.05) is 11.6 Å². The van der Waals surface area contributed by atoms with Crippen molar-refractivity contribution in [2.75, 3.05) is 6.54 Å². The number of hydrogen-bond donors (Lipinski definition) is 1. The van der Waals surface area contributed by atoms with E-state index >= 15 is 0 Å². The molecule has 1 aromatic heterocycles. The number of halogens is 5. The Bertz CT molecular complexity index is 559. The molecule has 0 aliphatic carbocycles. The van der Waals surface area contributed by atoms with Gasteiger partial charge in [0.2, 0.25) is 11.1 Å². The summed E-state index contributed by atoms with van der Waals surface area (Å²) in [6, 6.07) is 0. The normalized spacial score (nSPS) is 11.5. The fraction of sp³-hybridized carbons (Fsp3) is 0.583. The van der Waals surface area contributed by atoms with Crippen molar-refractivity contribution in [3.05, 3.63) is 16.4 Å². The van der Waals surface area contributed by atoms with Crippen molar-refractivity contribution in [1.82, 2.24) is 15.1 Å². The van der Waals surface area contributed by atoms with Gasteiger partial charge in [-0.2, -0.15) is 18.3 Å². The van der Waals surface area contributed by atoms with E-state index in [1.54, 1.807) is 0 Å². The molecule has 0 fully saturated rings. The quantitative estimate of drug-likeness (QED) is 0.601. The minimum atomic E-state index is -4.64. The summed E-state index contributed by atoms with van der Waals surface area (Å²) in [5.41, 5.74) is -1.01. The Morgan fingerprint density at radius 1 is 1.32 bits per heavy atom. The number of amides is 1. The molecule has 0 saturated heterocycles. The molecule has 0 unspecified atom stereocenters. The molecule has 0 atom stereocenters. The Hall–Kier alpha value is -1.28. The molecule has 1 N–H and O–H groups in total. The Labute approximate surface area is 134 Å². The van der Waals surface area contributed by atoms with Crippen molar-refractivity contribution in [2.24, 2.45) is 0 Å². The zero-order valence-corrected chi connectivity index (χ0v) is 13.1. The lowest BCUT2D eigenvalue weighted by Crippen LogP contribution is -2.26. The van der Waals surface area contributed by atoms with Gasteiger partial charge < -0.3 is 5.32 Å². The van der Waals surface area contributed by atoms with Gasteiger partial charge in [0.05, 0.1) is 17.3 Å². The molecular weight excluding hydrogens is 346 g/mol. The van der Waals surface area contributed by atoms with Crippen LogP contribution in [0.15, 0.2) is 0 Å². The molecule has 124 valence electrons. The average molecular weight is 360 g/mol. The number of aromatic nitrogens is 2. The van der Waals surface area contributed by atoms with Crippen LogP contribution < -0.4 is 5.32 Å². The number of hydrogen-bond acceptors (Lipinski definition) is 3. The molecule has 1 aromatic rings. The van der Waals surface area contributed by atoms with Crippen molar-refractivity contribution in [1.29, 1.82) is 0 Å². The van der Waals surface area contributed by atoms with Crippen LogP contribution in [-0.2, 0) is 22.3 Å². The minimum absolute atomic E-state index is 0.0259. The van der Waals surface area contributed by atoms with Gasteiger partial charge in [0.1, 0.15) is 0 Å². The van der Waals surface area contributed by atoms with Gasteiger partial charge in [-0.25, -0.2) is 0 Å². The zero-order chi connectivity index (χ0) is 16.9. The van der Waals surface area contributed by atoms with Crippen molar-refractivity contribution in [2.45, 2.75) is 38.9 Å². The van der Waals surface area contributed by atoms with Crippen LogP contribution >= 0.6 is 23.2 Å². The largest absolute Gasteiger partial charge is 0.436 e. The SMILES string of the molecule is Cc1c(Cl)c(C(F)(F)F)nn1CCC(=O)NCCCC(=O)Cl. The van der Waals surface area contributed by atoms with E-state index in [0.717, 1.165) is 4.68 Å². The van der Waals surface area contributed by atoms with Crippen LogP contribution in [0.1, 0.15) is 30.7 Å². The van der Waals surface area contributed by atoms with Crippen LogP contribution in [-0.4, -0.2) is 27.5 Å². The molecule has 22 heavy (non-hydrogen) atoms. The van der Waals surface area contributed by atoms with Gasteiger partial charge in [-0.3, -0.25) is 14.3 Å². The summed E-state index contributed by atoms with van der Waals surface area (Å²) >= 11 is 10.7. The number of rotatable bonds is 7. The van der Waals surface area contributed by atoms with Crippen LogP contribution in [0.5, 0.6) is 0 Å². The molecule has 5 nitrogen and oxygen atoms in total. The first-order chi connectivity index (χ1) is 10.1. The van der Waals surface area contributed by atoms with E-state index in [0.29, 0.717) is 6.42 Å². The topological polar surface area (TPSA) is 64.0 Å². The van der Waals surface area contributed by atoms with Gasteiger partial charge in [0.25, 0.3) is 0 Å². The molecule has 0 radical (unpaired) electrons. The lowest BCUT2D eigenvalue weighted by molar-refractivity contribution is -0.141. The molecule has 0 spiro atoms. The summed E-state index contributed by atoms with van der Waals surface area (Å²) in [5, 5.41) is 4.97. The summed E-state index contributed by atoms with van der Waals surface area (Å²) in [6.45, 7) is 1.64. The predicted molar refractivity (Wildman–Crippen MR) is 74.7 cm³/mol. The maximum Gasteiger partial charge on any atom is 0.436 e. The third-order valence-corrected chi connectivity index (χ3v) is 3.47. The van der Waals surface area contributed by atoms with E-state index in [1.165, 1.54) is 6.92 Å². The Morgan fingerprint density at radius 3 is 2.45 bits per heavy atom. The Balaban J connectivity index is 2.51. The van der Waals surface area contributed by atoms with Crippen LogP contribution in [0.4, 0.5) is 13.2 Å². The number of alkyl halides is 3. The van der Waals surface area contributed by atoms with E-state index in [-0.39, 0.29) is 37.5 Å². The van der Waals surface area contributed by atoms with Crippen LogP contribution in [0.2, 0.25) is 5.02 Å². The number of nitrogens with zero attached hydrogens (tertiary/aromatic N) is 2. The molecule has 1 amide bonds. The van der Waals surface area contributed by atoms with Crippen molar-refractivity contribution < 1.29 is 22.8 Å². The Morgan fingerprint density at radius 2 is 1.95 bits per heavy atom. The highest BCUT2D eigenvalue weighted by molar-refractivity contribution is 6.63. The standard InChI is InChI=1S/C12H14Cl2F3N3O2/c1-7-10(14)11(12(15,16)17)19-20(7)6-4-9(22)18-5-2-3-8(13)21/h2-6H2,1H3,(H,18,22). The number of carbonyl (C=O) groups excluding carboxylic acids is 2. The fourth-order valence-electron chi connectivity index (χ4n) is 1.67. The molecule has 0 aliphatic heterocycles. The first kappa shape index (κ1) is 18.8. The van der Waals surface area contributed by atoms with E-state index in [1.807, 2.05) is 0 Å². The summed E-state index contributed by atoms with van der Waals surface area (Å²) < 4.78 is 38.9. The lowest BCUT2D eigenvalue weighted by atomic mass is 10.3. The molecule has 0 aliphatic rings. The third-order valence-electron chi connectivity index (χ3n) is 2.82. The van der Waals surface area contributed by atoms with E-state index in [2.05, 4.69) is 10.4 Å². The van der Waals surface area contributed by atoms with Crippen molar-refractivity contribution >= 4 is 34.4 Å². The van der Waals surface area contributed by atoms with Gasteiger partial charge in [0, 0.05) is 19.4 Å². The summed E-state index contributed by atoms with van der Waals surface area (Å²) in [5.74, 6) is -0.360. The zero-order valence-electron chi connectivity index (χ0n) is 11.6. The smallest absolute Gasteiger partial charge is 0.356 e. The first-order valence-electron chi connectivity index (χ1n) is 6.38. The van der Waals surface area contributed by atoms with Gasteiger partial charge >= 0.3 is 6.18 Å². The predicted octanol–water partition coefficient (Wildman–Crippen LogP) is 2.92. The van der Waals surface area contributed by atoms with Crippen LogP contribution in [0.3, 0.4) is 0 Å². The monoisotopic (exact) mass is 359 g/mol. The molecule has 0 bridgehead atoms. The maximum atomic E-state index is 12.6. The number of nitrogens with one attached hydrogen (secondary N) is 1. The summed E-state index contributed by atoms with van der Waals surface area (Å²) in [7, 11) is 0. The maximum absolute atomic E-state index is 12.6. The number of carbonyl (C=O) groups is 2. The Kier molecular flexibility index (Phi) is 6.67. The van der Waals surface area contributed by atoms with E-state index < -0.39 is 22.1 Å². The highest BCUT2D eigenvalue weighted by Crippen LogP contribution is 2.35. The molecule has 1 rings (SSSR count). The molecule has 10 heteroatoms. The second-order valence-corrected chi connectivity index (χ2v) is 5.33. The summed E-state index contributed by atoms with van der Waals surface area (Å²) in [4.78, 5) is 22.0.